The van der Waals surface area contributed by atoms with Crippen molar-refractivity contribution in [1.29, 1.82) is 5.26 Å². The van der Waals surface area contributed by atoms with E-state index in [0.717, 1.165) is 53.6 Å². The quantitative estimate of drug-likeness (QED) is 0.319. The van der Waals surface area contributed by atoms with Gasteiger partial charge in [-0.2, -0.15) is 5.26 Å². The van der Waals surface area contributed by atoms with Gasteiger partial charge in [0.1, 0.15) is 0 Å². The Morgan fingerprint density at radius 2 is 1.50 bits per heavy atom. The number of benzene rings is 1. The molecule has 0 saturated heterocycles. The first-order valence-corrected chi connectivity index (χ1v) is 13.1. The SMILES string of the molecule is CCCCCc1ccc(-c2ncc(CCC3CCC(CCCCC)CC3)cn2)cc1C#N. The van der Waals surface area contributed by atoms with Gasteiger partial charge >= 0.3 is 0 Å². The molecule has 1 aliphatic carbocycles. The molecular formula is C29H41N3. The highest BCUT2D eigenvalue weighted by molar-refractivity contribution is 5.59. The normalized spacial score (nSPS) is 18.4. The van der Waals surface area contributed by atoms with Crippen LogP contribution in [-0.4, -0.2) is 9.97 Å². The third-order valence-corrected chi connectivity index (χ3v) is 7.27. The van der Waals surface area contributed by atoms with E-state index in [1.165, 1.54) is 76.2 Å². The minimum atomic E-state index is 0.720. The highest BCUT2D eigenvalue weighted by Crippen LogP contribution is 2.34. The van der Waals surface area contributed by atoms with Crippen LogP contribution in [0.15, 0.2) is 30.6 Å². The summed E-state index contributed by atoms with van der Waals surface area (Å²) in [5, 5.41) is 9.56. The predicted octanol–water partition coefficient (Wildman–Crippen LogP) is 8.07. The van der Waals surface area contributed by atoms with Gasteiger partial charge in [0.15, 0.2) is 5.82 Å². The summed E-state index contributed by atoms with van der Waals surface area (Å²) >= 11 is 0. The first-order valence-electron chi connectivity index (χ1n) is 13.1. The number of rotatable bonds is 12. The predicted molar refractivity (Wildman–Crippen MR) is 133 cm³/mol. The van der Waals surface area contributed by atoms with E-state index < -0.39 is 0 Å². The highest BCUT2D eigenvalue weighted by Gasteiger charge is 2.20. The fourth-order valence-electron chi connectivity index (χ4n) is 5.10. The van der Waals surface area contributed by atoms with Crippen LogP contribution in [0.25, 0.3) is 11.4 Å². The lowest BCUT2D eigenvalue weighted by atomic mass is 9.78. The Bertz CT molecular complexity index is 842. The van der Waals surface area contributed by atoms with Crippen molar-refractivity contribution >= 4 is 0 Å². The van der Waals surface area contributed by atoms with E-state index in [4.69, 9.17) is 0 Å². The first kappa shape index (κ1) is 24.4. The van der Waals surface area contributed by atoms with Crippen LogP contribution in [0, 0.1) is 23.2 Å². The van der Waals surface area contributed by atoms with Gasteiger partial charge in [0.05, 0.1) is 11.6 Å². The molecule has 1 aliphatic rings. The highest BCUT2D eigenvalue weighted by atomic mass is 14.9. The molecule has 0 aliphatic heterocycles. The number of unbranched alkanes of at least 4 members (excludes halogenated alkanes) is 4. The van der Waals surface area contributed by atoms with Crippen molar-refractivity contribution in [1.82, 2.24) is 9.97 Å². The maximum Gasteiger partial charge on any atom is 0.159 e. The first-order chi connectivity index (χ1) is 15.7. The smallest absolute Gasteiger partial charge is 0.159 e. The third kappa shape index (κ3) is 7.44. The molecule has 1 aromatic heterocycles. The zero-order valence-corrected chi connectivity index (χ0v) is 20.3. The Morgan fingerprint density at radius 3 is 2.16 bits per heavy atom. The molecule has 1 heterocycles. The third-order valence-electron chi connectivity index (χ3n) is 7.27. The lowest BCUT2D eigenvalue weighted by Gasteiger charge is -2.28. The van der Waals surface area contributed by atoms with E-state index in [2.05, 4.69) is 42.0 Å². The van der Waals surface area contributed by atoms with Crippen LogP contribution in [-0.2, 0) is 12.8 Å². The molecule has 0 N–H and O–H groups in total. The van der Waals surface area contributed by atoms with Gasteiger partial charge in [0, 0.05) is 18.0 Å². The molecule has 32 heavy (non-hydrogen) atoms. The summed E-state index contributed by atoms with van der Waals surface area (Å²) < 4.78 is 0. The second kappa shape index (κ2) is 13.4. The Labute approximate surface area is 195 Å². The number of aromatic nitrogens is 2. The average Bonchev–Trinajstić information content (AvgIpc) is 2.84. The zero-order valence-electron chi connectivity index (χ0n) is 20.3. The molecule has 172 valence electrons. The van der Waals surface area contributed by atoms with Crippen molar-refractivity contribution in [3.63, 3.8) is 0 Å². The molecule has 0 spiro atoms. The van der Waals surface area contributed by atoms with Crippen LogP contribution in [0.4, 0.5) is 0 Å². The van der Waals surface area contributed by atoms with Crippen LogP contribution in [0.3, 0.4) is 0 Å². The number of aryl methyl sites for hydroxylation is 2. The molecule has 0 unspecified atom stereocenters. The fraction of sp³-hybridized carbons (Fsp3) is 0.621. The van der Waals surface area contributed by atoms with E-state index in [9.17, 15) is 5.26 Å². The minimum absolute atomic E-state index is 0.720. The summed E-state index contributed by atoms with van der Waals surface area (Å²) in [6, 6.07) is 8.46. The fourth-order valence-corrected chi connectivity index (χ4v) is 5.10. The summed E-state index contributed by atoms with van der Waals surface area (Å²) in [7, 11) is 0. The van der Waals surface area contributed by atoms with E-state index >= 15 is 0 Å². The van der Waals surface area contributed by atoms with Crippen LogP contribution < -0.4 is 0 Å². The van der Waals surface area contributed by atoms with E-state index in [1.54, 1.807) is 0 Å². The number of nitriles is 1. The second-order valence-electron chi connectivity index (χ2n) is 9.78. The van der Waals surface area contributed by atoms with E-state index in [-0.39, 0.29) is 0 Å². The standard InChI is InChI=1S/C29H41N3/c1-3-5-7-9-23-11-13-24(14-12-23)15-16-25-21-31-29(32-22-25)27-18-17-26(10-8-6-4-2)28(19-27)20-30/h17-19,21-24H,3-16H2,1-2H3. The van der Waals surface area contributed by atoms with Crippen LogP contribution in [0.2, 0.25) is 0 Å². The maximum atomic E-state index is 9.56. The lowest BCUT2D eigenvalue weighted by molar-refractivity contribution is 0.249. The van der Waals surface area contributed by atoms with Crippen LogP contribution in [0.1, 0.15) is 108 Å². The Kier molecular flexibility index (Phi) is 10.2. The van der Waals surface area contributed by atoms with Crippen molar-refractivity contribution in [2.75, 3.05) is 0 Å². The molecule has 0 bridgehead atoms. The van der Waals surface area contributed by atoms with Crippen molar-refractivity contribution < 1.29 is 0 Å². The summed E-state index contributed by atoms with van der Waals surface area (Å²) in [5.41, 5.74) is 4.07. The van der Waals surface area contributed by atoms with Crippen LogP contribution in [0.5, 0.6) is 0 Å². The number of hydrogen-bond acceptors (Lipinski definition) is 3. The summed E-state index contributed by atoms with van der Waals surface area (Å²) in [4.78, 5) is 9.25. The lowest BCUT2D eigenvalue weighted by Crippen LogP contribution is -2.15. The van der Waals surface area contributed by atoms with Gasteiger partial charge in [-0.15, -0.1) is 0 Å². The van der Waals surface area contributed by atoms with Crippen molar-refractivity contribution in [3.05, 3.63) is 47.3 Å². The molecule has 0 amide bonds. The molecule has 3 nitrogen and oxygen atoms in total. The molecule has 3 heteroatoms. The van der Waals surface area contributed by atoms with E-state index in [1.807, 2.05) is 18.5 Å². The summed E-state index contributed by atoms with van der Waals surface area (Å²) in [6.45, 7) is 4.50. The summed E-state index contributed by atoms with van der Waals surface area (Å²) in [6.07, 6.45) is 22.1. The molecular weight excluding hydrogens is 390 g/mol. The Hall–Kier alpha value is -2.21. The molecule has 1 saturated carbocycles. The molecule has 1 fully saturated rings. The average molecular weight is 432 g/mol. The minimum Gasteiger partial charge on any atom is -0.236 e. The van der Waals surface area contributed by atoms with Crippen molar-refractivity contribution in [2.45, 2.75) is 104 Å². The van der Waals surface area contributed by atoms with Crippen molar-refractivity contribution in [2.24, 2.45) is 11.8 Å². The zero-order chi connectivity index (χ0) is 22.6. The van der Waals surface area contributed by atoms with Gasteiger partial charge in [0.2, 0.25) is 0 Å². The maximum absolute atomic E-state index is 9.56. The molecule has 0 radical (unpaired) electrons. The monoisotopic (exact) mass is 431 g/mol. The Balaban J connectivity index is 1.48. The van der Waals surface area contributed by atoms with Crippen molar-refractivity contribution in [3.8, 4) is 17.5 Å². The largest absolute Gasteiger partial charge is 0.236 e. The molecule has 3 rings (SSSR count). The van der Waals surface area contributed by atoms with Gasteiger partial charge in [-0.1, -0.05) is 90.2 Å². The van der Waals surface area contributed by atoms with Crippen LogP contribution >= 0.6 is 0 Å². The number of hydrogen-bond donors (Lipinski definition) is 0. The van der Waals surface area contributed by atoms with Gasteiger partial charge in [-0.25, -0.2) is 9.97 Å². The molecule has 2 aromatic rings. The van der Waals surface area contributed by atoms with Gasteiger partial charge in [-0.05, 0) is 54.7 Å². The van der Waals surface area contributed by atoms with E-state index in [0.29, 0.717) is 0 Å². The topological polar surface area (TPSA) is 49.6 Å². The van der Waals surface area contributed by atoms with Gasteiger partial charge < -0.3 is 0 Å². The summed E-state index contributed by atoms with van der Waals surface area (Å²) in [5.74, 6) is 2.57. The van der Waals surface area contributed by atoms with Gasteiger partial charge in [0.25, 0.3) is 0 Å². The molecule has 0 atom stereocenters. The number of nitrogens with zero attached hydrogens (tertiary/aromatic N) is 3. The second-order valence-corrected chi connectivity index (χ2v) is 9.78. The Morgan fingerprint density at radius 1 is 0.844 bits per heavy atom. The molecule has 1 aromatic carbocycles. The van der Waals surface area contributed by atoms with Gasteiger partial charge in [-0.3, -0.25) is 0 Å².